The van der Waals surface area contributed by atoms with Gasteiger partial charge in [0.15, 0.2) is 0 Å². The highest BCUT2D eigenvalue weighted by atomic mass is 35.5. The lowest BCUT2D eigenvalue weighted by Gasteiger charge is -2.25. The molecule has 0 bridgehead atoms. The normalized spacial score (nSPS) is 19.8. The summed E-state index contributed by atoms with van der Waals surface area (Å²) in [6.07, 6.45) is 0.794. The number of carbonyl (C=O) groups is 2. The molecule has 1 aromatic carbocycles. The Morgan fingerprint density at radius 1 is 1.30 bits per heavy atom. The Kier molecular flexibility index (Phi) is 4.55. The van der Waals surface area contributed by atoms with Crippen LogP contribution >= 0.6 is 23.2 Å². The molecule has 1 heterocycles. The molecule has 0 aromatic heterocycles. The van der Waals surface area contributed by atoms with Gasteiger partial charge in [-0.25, -0.2) is 0 Å². The minimum Gasteiger partial charge on any atom is -0.344 e. The molecule has 1 aliphatic rings. The van der Waals surface area contributed by atoms with E-state index in [1.54, 1.807) is 17.0 Å². The molecule has 1 aliphatic heterocycles. The van der Waals surface area contributed by atoms with Crippen molar-refractivity contribution in [1.29, 1.82) is 0 Å². The molecule has 2 amide bonds. The van der Waals surface area contributed by atoms with Crippen molar-refractivity contribution in [1.82, 2.24) is 5.32 Å². The zero-order valence-electron chi connectivity index (χ0n) is 11.4. The van der Waals surface area contributed by atoms with Gasteiger partial charge in [0.05, 0.1) is 10.7 Å². The monoisotopic (exact) mass is 314 g/mol. The highest BCUT2D eigenvalue weighted by Crippen LogP contribution is 2.32. The summed E-state index contributed by atoms with van der Waals surface area (Å²) in [5.41, 5.74) is 1.41. The summed E-state index contributed by atoms with van der Waals surface area (Å²) >= 11 is 12.3. The third kappa shape index (κ3) is 2.91. The van der Waals surface area contributed by atoms with Crippen LogP contribution in [0, 0.1) is 6.92 Å². The van der Waals surface area contributed by atoms with E-state index >= 15 is 0 Å². The van der Waals surface area contributed by atoms with Crippen molar-refractivity contribution in [2.24, 2.45) is 0 Å². The van der Waals surface area contributed by atoms with Crippen molar-refractivity contribution in [3.8, 4) is 0 Å². The van der Waals surface area contributed by atoms with Gasteiger partial charge in [-0.05, 0) is 31.0 Å². The Hall–Kier alpha value is -1.26. The largest absolute Gasteiger partial charge is 0.344 e. The average Bonchev–Trinajstić information content (AvgIpc) is 2.54. The molecule has 1 saturated heterocycles. The Morgan fingerprint density at radius 3 is 2.65 bits per heavy atom. The Labute approximate surface area is 128 Å². The molecule has 2 rings (SSSR count). The number of hydrogen-bond donors (Lipinski definition) is 1. The highest BCUT2D eigenvalue weighted by Gasteiger charge is 2.30. The molecular formula is C14H16Cl2N2O2. The Balaban J connectivity index is 2.42. The fraction of sp³-hybridized carbons (Fsp3) is 0.429. The van der Waals surface area contributed by atoms with Crippen LogP contribution in [0.5, 0.6) is 0 Å². The predicted molar refractivity (Wildman–Crippen MR) is 80.4 cm³/mol. The summed E-state index contributed by atoms with van der Waals surface area (Å²) in [5.74, 6) is -0.276. The number of halogens is 2. The van der Waals surface area contributed by atoms with Crippen LogP contribution in [0.2, 0.25) is 10.0 Å². The zero-order valence-corrected chi connectivity index (χ0v) is 12.9. The molecule has 20 heavy (non-hydrogen) atoms. The molecule has 1 fully saturated rings. The van der Waals surface area contributed by atoms with Crippen LogP contribution in [-0.2, 0) is 9.59 Å². The minimum absolute atomic E-state index is 0.123. The molecule has 1 aromatic rings. The molecule has 1 unspecified atom stereocenters. The van der Waals surface area contributed by atoms with E-state index in [1.807, 2.05) is 13.8 Å². The van der Waals surface area contributed by atoms with Crippen molar-refractivity contribution in [3.05, 3.63) is 27.7 Å². The molecule has 1 atom stereocenters. The summed E-state index contributed by atoms with van der Waals surface area (Å²) in [6, 6.07) is 2.90. The molecule has 0 radical (unpaired) electrons. The fourth-order valence-corrected chi connectivity index (χ4v) is 2.68. The summed E-state index contributed by atoms with van der Waals surface area (Å²) < 4.78 is 0. The lowest BCUT2D eigenvalue weighted by atomic mass is 10.1. The predicted octanol–water partition coefficient (Wildman–Crippen LogP) is 2.93. The van der Waals surface area contributed by atoms with Gasteiger partial charge in [0.1, 0.15) is 6.04 Å². The second-order valence-electron chi connectivity index (χ2n) is 4.82. The van der Waals surface area contributed by atoms with Crippen LogP contribution in [0.3, 0.4) is 0 Å². The van der Waals surface area contributed by atoms with E-state index in [0.717, 1.165) is 5.56 Å². The van der Waals surface area contributed by atoms with E-state index in [0.29, 0.717) is 28.7 Å². The third-order valence-electron chi connectivity index (χ3n) is 3.39. The van der Waals surface area contributed by atoms with Gasteiger partial charge in [-0.2, -0.15) is 0 Å². The SMILES string of the molecule is CCC1NC(=O)CCN(c2cc(Cl)c(C)cc2Cl)C1=O. The van der Waals surface area contributed by atoms with Crippen molar-refractivity contribution in [3.63, 3.8) is 0 Å². The number of hydrogen-bond acceptors (Lipinski definition) is 2. The molecule has 0 spiro atoms. The molecule has 4 nitrogen and oxygen atoms in total. The molecule has 6 heteroatoms. The quantitative estimate of drug-likeness (QED) is 0.912. The maximum atomic E-state index is 12.5. The van der Waals surface area contributed by atoms with E-state index < -0.39 is 6.04 Å². The smallest absolute Gasteiger partial charge is 0.249 e. The Bertz CT molecular complexity index is 560. The first-order valence-electron chi connectivity index (χ1n) is 6.50. The van der Waals surface area contributed by atoms with Crippen LogP contribution in [0.25, 0.3) is 0 Å². The fourth-order valence-electron chi connectivity index (χ4n) is 2.20. The first-order valence-corrected chi connectivity index (χ1v) is 7.26. The number of nitrogens with one attached hydrogen (secondary N) is 1. The van der Waals surface area contributed by atoms with Crippen LogP contribution < -0.4 is 10.2 Å². The lowest BCUT2D eigenvalue weighted by Crippen LogP contribution is -2.44. The van der Waals surface area contributed by atoms with Crippen LogP contribution in [0.4, 0.5) is 5.69 Å². The molecule has 0 aliphatic carbocycles. The van der Waals surface area contributed by atoms with Crippen LogP contribution in [0.1, 0.15) is 25.3 Å². The minimum atomic E-state index is -0.513. The van der Waals surface area contributed by atoms with Gasteiger partial charge >= 0.3 is 0 Å². The number of anilines is 1. The van der Waals surface area contributed by atoms with Crippen molar-refractivity contribution in [2.45, 2.75) is 32.7 Å². The first-order chi connectivity index (χ1) is 9.43. The maximum Gasteiger partial charge on any atom is 0.249 e. The number of amides is 2. The number of rotatable bonds is 2. The zero-order chi connectivity index (χ0) is 14.9. The number of aryl methyl sites for hydroxylation is 1. The van der Waals surface area contributed by atoms with Gasteiger partial charge in [0.25, 0.3) is 0 Å². The van der Waals surface area contributed by atoms with Gasteiger partial charge in [0, 0.05) is 18.0 Å². The lowest BCUT2D eigenvalue weighted by molar-refractivity contribution is -0.125. The van der Waals surface area contributed by atoms with E-state index in [2.05, 4.69) is 5.32 Å². The van der Waals surface area contributed by atoms with Gasteiger partial charge in [0.2, 0.25) is 11.8 Å². The second-order valence-corrected chi connectivity index (χ2v) is 5.64. The second kappa shape index (κ2) is 6.02. The van der Waals surface area contributed by atoms with Gasteiger partial charge < -0.3 is 10.2 Å². The summed E-state index contributed by atoms with van der Waals surface area (Å²) in [6.45, 7) is 4.01. The van der Waals surface area contributed by atoms with E-state index in [4.69, 9.17) is 23.2 Å². The van der Waals surface area contributed by atoms with Crippen LogP contribution in [0.15, 0.2) is 12.1 Å². The van der Waals surface area contributed by atoms with Crippen molar-refractivity contribution < 1.29 is 9.59 Å². The average molecular weight is 315 g/mol. The maximum absolute atomic E-state index is 12.5. The number of carbonyl (C=O) groups excluding carboxylic acids is 2. The summed E-state index contributed by atoms with van der Waals surface area (Å²) in [7, 11) is 0. The van der Waals surface area contributed by atoms with Crippen LogP contribution in [-0.4, -0.2) is 24.4 Å². The standard InChI is InChI=1S/C14H16Cl2N2O2/c1-3-11-14(20)18(5-4-13(19)17-11)12-7-9(15)8(2)6-10(12)16/h6-7,11H,3-5H2,1-2H3,(H,17,19). The van der Waals surface area contributed by atoms with Gasteiger partial charge in [-0.15, -0.1) is 0 Å². The molecular weight excluding hydrogens is 299 g/mol. The third-order valence-corrected chi connectivity index (χ3v) is 4.10. The van der Waals surface area contributed by atoms with Gasteiger partial charge in [-0.1, -0.05) is 30.1 Å². The molecule has 1 N–H and O–H groups in total. The highest BCUT2D eigenvalue weighted by molar-refractivity contribution is 6.36. The molecule has 0 saturated carbocycles. The number of benzene rings is 1. The Morgan fingerprint density at radius 2 is 2.00 bits per heavy atom. The van der Waals surface area contributed by atoms with E-state index in [9.17, 15) is 9.59 Å². The van der Waals surface area contributed by atoms with E-state index in [-0.39, 0.29) is 18.2 Å². The number of nitrogens with zero attached hydrogens (tertiary/aromatic N) is 1. The topological polar surface area (TPSA) is 49.4 Å². The first kappa shape index (κ1) is 15.1. The summed E-state index contributed by atoms with van der Waals surface area (Å²) in [5, 5.41) is 3.73. The van der Waals surface area contributed by atoms with E-state index in [1.165, 1.54) is 0 Å². The molecule has 108 valence electrons. The summed E-state index contributed by atoms with van der Waals surface area (Å²) in [4.78, 5) is 25.7. The van der Waals surface area contributed by atoms with Gasteiger partial charge in [-0.3, -0.25) is 9.59 Å². The van der Waals surface area contributed by atoms with Crippen molar-refractivity contribution in [2.75, 3.05) is 11.4 Å². The van der Waals surface area contributed by atoms with Crippen molar-refractivity contribution >= 4 is 40.7 Å².